The zero-order chi connectivity index (χ0) is 16.5. The first-order valence-electron chi connectivity index (χ1n) is 7.94. The van der Waals surface area contributed by atoms with Crippen LogP contribution in [0.1, 0.15) is 31.7 Å². The normalized spacial score (nSPS) is 10.3. The Balaban J connectivity index is 1.66. The molecule has 0 saturated heterocycles. The summed E-state index contributed by atoms with van der Waals surface area (Å²) >= 11 is 3.37. The monoisotopic (exact) mass is 375 g/mol. The number of benzene rings is 2. The van der Waals surface area contributed by atoms with Gasteiger partial charge in [0.05, 0.1) is 6.61 Å². The van der Waals surface area contributed by atoms with Gasteiger partial charge in [-0.25, -0.2) is 0 Å². The Labute approximate surface area is 146 Å². The second kappa shape index (κ2) is 9.36. The maximum Gasteiger partial charge on any atom is 0.224 e. The molecule has 0 saturated carbocycles. The summed E-state index contributed by atoms with van der Waals surface area (Å²) in [6.45, 7) is 2.71. The molecule has 23 heavy (non-hydrogen) atoms. The van der Waals surface area contributed by atoms with Crippen LogP contribution in [0.3, 0.4) is 0 Å². The lowest BCUT2D eigenvalue weighted by atomic mass is 10.1. The second-order valence-corrected chi connectivity index (χ2v) is 6.32. The predicted molar refractivity (Wildman–Crippen MR) is 97.9 cm³/mol. The molecule has 4 heteroatoms. The van der Waals surface area contributed by atoms with Crippen LogP contribution in [0, 0.1) is 0 Å². The van der Waals surface area contributed by atoms with E-state index in [-0.39, 0.29) is 5.91 Å². The highest BCUT2D eigenvalue weighted by Crippen LogP contribution is 2.15. The van der Waals surface area contributed by atoms with Crippen molar-refractivity contribution in [3.05, 3.63) is 58.6 Å². The fraction of sp³-hybridized carbons (Fsp3) is 0.316. The average molecular weight is 376 g/mol. The van der Waals surface area contributed by atoms with Crippen LogP contribution < -0.4 is 10.1 Å². The van der Waals surface area contributed by atoms with Gasteiger partial charge >= 0.3 is 0 Å². The van der Waals surface area contributed by atoms with Gasteiger partial charge in [0.2, 0.25) is 5.91 Å². The van der Waals surface area contributed by atoms with E-state index in [2.05, 4.69) is 40.3 Å². The zero-order valence-corrected chi connectivity index (χ0v) is 14.9. The maximum absolute atomic E-state index is 11.8. The average Bonchev–Trinajstić information content (AvgIpc) is 2.55. The molecule has 2 aromatic carbocycles. The summed E-state index contributed by atoms with van der Waals surface area (Å²) in [4.78, 5) is 11.8. The highest BCUT2D eigenvalue weighted by atomic mass is 79.9. The van der Waals surface area contributed by atoms with Crippen molar-refractivity contribution in [3.63, 3.8) is 0 Å². The smallest absolute Gasteiger partial charge is 0.224 e. The number of anilines is 1. The van der Waals surface area contributed by atoms with Crippen LogP contribution in [-0.2, 0) is 11.2 Å². The summed E-state index contributed by atoms with van der Waals surface area (Å²) in [5.74, 6) is 0.868. The molecule has 0 unspecified atom stereocenters. The predicted octanol–water partition coefficient (Wildman–Crippen LogP) is 5.20. The molecule has 2 rings (SSSR count). The number of nitrogens with one attached hydrogen (secondary N) is 1. The SMILES string of the molecule is CCCc1ccc(OCCCC(=O)Nc2ccc(Br)cc2)cc1. The lowest BCUT2D eigenvalue weighted by Crippen LogP contribution is -2.12. The van der Waals surface area contributed by atoms with Gasteiger partial charge in [0.25, 0.3) is 0 Å². The van der Waals surface area contributed by atoms with Gasteiger partial charge in [-0.2, -0.15) is 0 Å². The van der Waals surface area contributed by atoms with Gasteiger partial charge in [-0.15, -0.1) is 0 Å². The molecule has 0 bridgehead atoms. The number of carbonyl (C=O) groups is 1. The molecule has 0 heterocycles. The van der Waals surface area contributed by atoms with Gasteiger partial charge in [-0.05, 0) is 54.8 Å². The molecular weight excluding hydrogens is 354 g/mol. The van der Waals surface area contributed by atoms with Gasteiger partial charge < -0.3 is 10.1 Å². The Bertz CT molecular complexity index is 608. The van der Waals surface area contributed by atoms with E-state index in [1.54, 1.807) is 0 Å². The van der Waals surface area contributed by atoms with E-state index in [0.717, 1.165) is 28.8 Å². The summed E-state index contributed by atoms with van der Waals surface area (Å²) in [6.07, 6.45) is 3.38. The number of carbonyl (C=O) groups excluding carboxylic acids is 1. The van der Waals surface area contributed by atoms with Crippen LogP contribution in [0.5, 0.6) is 5.75 Å². The van der Waals surface area contributed by atoms with Crippen LogP contribution in [-0.4, -0.2) is 12.5 Å². The highest BCUT2D eigenvalue weighted by Gasteiger charge is 2.03. The molecule has 122 valence electrons. The lowest BCUT2D eigenvalue weighted by molar-refractivity contribution is -0.116. The van der Waals surface area contributed by atoms with Gasteiger partial charge in [0, 0.05) is 16.6 Å². The van der Waals surface area contributed by atoms with Crippen molar-refractivity contribution in [2.75, 3.05) is 11.9 Å². The zero-order valence-electron chi connectivity index (χ0n) is 13.3. The van der Waals surface area contributed by atoms with Crippen molar-refractivity contribution in [1.82, 2.24) is 0 Å². The Morgan fingerprint density at radius 1 is 1.09 bits per heavy atom. The molecule has 0 atom stereocenters. The maximum atomic E-state index is 11.8. The van der Waals surface area contributed by atoms with Crippen molar-refractivity contribution >= 4 is 27.5 Å². The summed E-state index contributed by atoms with van der Waals surface area (Å²) in [5, 5.41) is 2.87. The third kappa shape index (κ3) is 6.45. The number of ether oxygens (including phenoxy) is 1. The van der Waals surface area contributed by atoms with Gasteiger partial charge in [0.15, 0.2) is 0 Å². The van der Waals surface area contributed by atoms with Crippen molar-refractivity contribution in [1.29, 1.82) is 0 Å². The minimum atomic E-state index is 0.00853. The van der Waals surface area contributed by atoms with Crippen molar-refractivity contribution in [2.45, 2.75) is 32.6 Å². The number of halogens is 1. The number of rotatable bonds is 8. The summed E-state index contributed by atoms with van der Waals surface area (Å²) < 4.78 is 6.66. The quantitative estimate of drug-likeness (QED) is 0.643. The Morgan fingerprint density at radius 3 is 2.43 bits per heavy atom. The molecule has 0 spiro atoms. The van der Waals surface area contributed by atoms with Crippen molar-refractivity contribution in [2.24, 2.45) is 0 Å². The third-order valence-electron chi connectivity index (χ3n) is 3.41. The minimum absolute atomic E-state index is 0.00853. The van der Waals surface area contributed by atoms with Crippen LogP contribution in [0.15, 0.2) is 53.0 Å². The highest BCUT2D eigenvalue weighted by molar-refractivity contribution is 9.10. The largest absolute Gasteiger partial charge is 0.494 e. The molecule has 0 fully saturated rings. The first-order valence-corrected chi connectivity index (χ1v) is 8.74. The molecular formula is C19H22BrNO2. The van der Waals surface area contributed by atoms with Gasteiger partial charge in [-0.1, -0.05) is 41.4 Å². The van der Waals surface area contributed by atoms with Crippen LogP contribution >= 0.6 is 15.9 Å². The van der Waals surface area contributed by atoms with Crippen LogP contribution in [0.25, 0.3) is 0 Å². The minimum Gasteiger partial charge on any atom is -0.494 e. The first kappa shape index (κ1) is 17.5. The molecule has 3 nitrogen and oxygen atoms in total. The molecule has 0 aliphatic rings. The van der Waals surface area contributed by atoms with Gasteiger partial charge in [0.1, 0.15) is 5.75 Å². The third-order valence-corrected chi connectivity index (χ3v) is 3.94. The van der Waals surface area contributed by atoms with Crippen molar-refractivity contribution < 1.29 is 9.53 Å². The molecule has 2 aromatic rings. The van der Waals surface area contributed by atoms with E-state index in [1.807, 2.05) is 36.4 Å². The number of hydrogen-bond acceptors (Lipinski definition) is 2. The summed E-state index contributed by atoms with van der Waals surface area (Å²) in [6, 6.07) is 15.7. The second-order valence-electron chi connectivity index (χ2n) is 5.40. The van der Waals surface area contributed by atoms with E-state index in [1.165, 1.54) is 5.56 Å². The molecule has 0 aromatic heterocycles. The van der Waals surface area contributed by atoms with E-state index >= 15 is 0 Å². The molecule has 0 radical (unpaired) electrons. The molecule has 0 aliphatic carbocycles. The fourth-order valence-electron chi connectivity index (χ4n) is 2.22. The number of hydrogen-bond donors (Lipinski definition) is 1. The van der Waals surface area contributed by atoms with Gasteiger partial charge in [-0.3, -0.25) is 4.79 Å². The van der Waals surface area contributed by atoms with E-state index in [4.69, 9.17) is 4.74 Å². The van der Waals surface area contributed by atoms with Crippen LogP contribution in [0.2, 0.25) is 0 Å². The Morgan fingerprint density at radius 2 is 1.78 bits per heavy atom. The summed E-state index contributed by atoms with van der Waals surface area (Å²) in [5.41, 5.74) is 2.14. The fourth-order valence-corrected chi connectivity index (χ4v) is 2.48. The molecule has 1 amide bonds. The van der Waals surface area contributed by atoms with Crippen molar-refractivity contribution in [3.8, 4) is 5.75 Å². The van der Waals surface area contributed by atoms with E-state index in [9.17, 15) is 4.79 Å². The Hall–Kier alpha value is -1.81. The van der Waals surface area contributed by atoms with Crippen LogP contribution in [0.4, 0.5) is 5.69 Å². The molecule has 1 N–H and O–H groups in total. The Kier molecular flexibility index (Phi) is 7.14. The van der Waals surface area contributed by atoms with E-state index < -0.39 is 0 Å². The first-order chi connectivity index (χ1) is 11.2. The number of aryl methyl sites for hydroxylation is 1. The molecule has 0 aliphatic heterocycles. The standard InChI is InChI=1S/C19H22BrNO2/c1-2-4-15-6-12-18(13-7-15)23-14-3-5-19(22)21-17-10-8-16(20)9-11-17/h6-13H,2-5,14H2,1H3,(H,21,22). The lowest BCUT2D eigenvalue weighted by Gasteiger charge is -2.08. The topological polar surface area (TPSA) is 38.3 Å². The van der Waals surface area contributed by atoms with E-state index in [0.29, 0.717) is 19.4 Å². The summed E-state index contributed by atoms with van der Waals surface area (Å²) in [7, 11) is 0. The number of amides is 1.